The monoisotopic (exact) mass is 575 g/mol. The number of rotatable bonds is 12. The van der Waals surface area contributed by atoms with Crippen LogP contribution in [0, 0.1) is 6.92 Å². The van der Waals surface area contributed by atoms with Gasteiger partial charge in [-0.3, -0.25) is 19.5 Å². The fourth-order valence-corrected chi connectivity index (χ4v) is 5.54. The van der Waals surface area contributed by atoms with Crippen molar-refractivity contribution in [3.63, 3.8) is 0 Å². The first-order valence-electron chi connectivity index (χ1n) is 15.4. The van der Waals surface area contributed by atoms with E-state index in [0.29, 0.717) is 25.2 Å². The van der Waals surface area contributed by atoms with Crippen molar-refractivity contribution in [2.45, 2.75) is 58.9 Å². The Labute approximate surface area is 255 Å². The van der Waals surface area contributed by atoms with Gasteiger partial charge in [0.15, 0.2) is 5.78 Å². The third kappa shape index (κ3) is 8.42. The lowest BCUT2D eigenvalue weighted by atomic mass is 9.97. The maximum Gasteiger partial charge on any atom is 0.222 e. The van der Waals surface area contributed by atoms with Crippen LogP contribution in [0.1, 0.15) is 71.0 Å². The molecule has 0 aliphatic carbocycles. The maximum absolute atomic E-state index is 13.2. The summed E-state index contributed by atoms with van der Waals surface area (Å²) >= 11 is 0. The molecule has 43 heavy (non-hydrogen) atoms. The van der Waals surface area contributed by atoms with Gasteiger partial charge < -0.3 is 4.90 Å². The molecule has 1 aliphatic rings. The van der Waals surface area contributed by atoms with Gasteiger partial charge in [0.2, 0.25) is 5.91 Å². The molecule has 222 valence electrons. The smallest absolute Gasteiger partial charge is 0.222 e. The third-order valence-electron chi connectivity index (χ3n) is 8.19. The molecule has 1 amide bonds. The molecule has 0 radical (unpaired) electrons. The lowest BCUT2D eigenvalue weighted by molar-refractivity contribution is -0.133. The van der Waals surface area contributed by atoms with Gasteiger partial charge in [0.1, 0.15) is 5.82 Å². The Kier molecular flexibility index (Phi) is 10.4. The summed E-state index contributed by atoms with van der Waals surface area (Å²) in [6, 6.07) is 20.0. The van der Waals surface area contributed by atoms with E-state index in [-0.39, 0.29) is 5.78 Å². The van der Waals surface area contributed by atoms with Crippen LogP contribution in [0.3, 0.4) is 0 Å². The quantitative estimate of drug-likeness (QED) is 0.150. The minimum absolute atomic E-state index is 0.103. The fraction of sp³-hybridized carbons (Fsp3) is 0.361. The molecular weight excluding hydrogens is 534 g/mol. The molecule has 0 saturated carbocycles. The van der Waals surface area contributed by atoms with Crippen LogP contribution in [-0.2, 0) is 24.2 Å². The first kappa shape index (κ1) is 30.2. The second kappa shape index (κ2) is 14.8. The van der Waals surface area contributed by atoms with Crippen LogP contribution in [0.25, 0.3) is 11.3 Å². The fourth-order valence-electron chi connectivity index (χ4n) is 5.54. The number of carbonyl (C=O) groups excluding carboxylic acids is 2. The molecule has 4 aromatic rings. The first-order valence-corrected chi connectivity index (χ1v) is 15.4. The number of nitrogens with zero attached hydrogens (tertiary/aromatic N) is 5. The van der Waals surface area contributed by atoms with Gasteiger partial charge in [0.05, 0.1) is 5.69 Å². The van der Waals surface area contributed by atoms with Gasteiger partial charge in [-0.15, -0.1) is 0 Å². The molecular formula is C36H41N5O2. The summed E-state index contributed by atoms with van der Waals surface area (Å²) < 4.78 is 0. The van der Waals surface area contributed by atoms with Crippen molar-refractivity contribution in [1.82, 2.24) is 24.8 Å². The van der Waals surface area contributed by atoms with Crippen LogP contribution in [0.2, 0.25) is 0 Å². The number of amides is 1. The van der Waals surface area contributed by atoms with Crippen molar-refractivity contribution in [1.29, 1.82) is 0 Å². The Bertz CT molecular complexity index is 1510. The normalized spacial score (nSPS) is 13.7. The average molecular weight is 576 g/mol. The van der Waals surface area contributed by atoms with Crippen molar-refractivity contribution < 1.29 is 9.59 Å². The van der Waals surface area contributed by atoms with E-state index in [1.54, 1.807) is 18.6 Å². The van der Waals surface area contributed by atoms with Crippen LogP contribution in [0.4, 0.5) is 0 Å². The minimum atomic E-state index is 0.103. The summed E-state index contributed by atoms with van der Waals surface area (Å²) in [6.45, 7) is 8.43. The summed E-state index contributed by atoms with van der Waals surface area (Å²) in [6.07, 6.45) is 10.2. The number of benzene rings is 2. The summed E-state index contributed by atoms with van der Waals surface area (Å²) in [5, 5.41) is 0. The molecule has 5 rings (SSSR count). The predicted octanol–water partition coefficient (Wildman–Crippen LogP) is 6.09. The molecule has 1 saturated heterocycles. The molecule has 1 aliphatic heterocycles. The molecule has 0 spiro atoms. The molecule has 2 aromatic carbocycles. The largest absolute Gasteiger partial charge is 0.340 e. The van der Waals surface area contributed by atoms with Crippen molar-refractivity contribution in [3.05, 3.63) is 113 Å². The van der Waals surface area contributed by atoms with E-state index in [1.165, 1.54) is 5.56 Å². The van der Waals surface area contributed by atoms with E-state index in [9.17, 15) is 9.59 Å². The van der Waals surface area contributed by atoms with Gasteiger partial charge in [0, 0.05) is 81.7 Å². The highest BCUT2D eigenvalue weighted by Gasteiger charge is 2.21. The molecule has 0 bridgehead atoms. The zero-order valence-corrected chi connectivity index (χ0v) is 25.3. The van der Waals surface area contributed by atoms with Gasteiger partial charge in [-0.05, 0) is 53.8 Å². The van der Waals surface area contributed by atoms with Crippen molar-refractivity contribution in [2.75, 3.05) is 26.2 Å². The molecule has 1 fully saturated rings. The number of hydrogen-bond acceptors (Lipinski definition) is 6. The number of pyridine rings is 1. The van der Waals surface area contributed by atoms with Crippen LogP contribution in [-0.4, -0.2) is 62.6 Å². The molecule has 3 heterocycles. The Morgan fingerprint density at radius 1 is 0.884 bits per heavy atom. The van der Waals surface area contributed by atoms with E-state index >= 15 is 0 Å². The van der Waals surface area contributed by atoms with Gasteiger partial charge in [-0.2, -0.15) is 0 Å². The van der Waals surface area contributed by atoms with Gasteiger partial charge in [-0.25, -0.2) is 9.97 Å². The summed E-state index contributed by atoms with van der Waals surface area (Å²) in [5.41, 5.74) is 6.97. The van der Waals surface area contributed by atoms with Crippen LogP contribution >= 0.6 is 0 Å². The number of unbranched alkanes of at least 4 members (excludes halogenated alkanes) is 2. The number of aryl methyl sites for hydroxylation is 1. The summed E-state index contributed by atoms with van der Waals surface area (Å²) in [7, 11) is 0. The molecule has 2 aromatic heterocycles. The molecule has 0 atom stereocenters. The van der Waals surface area contributed by atoms with Crippen LogP contribution in [0.5, 0.6) is 0 Å². The van der Waals surface area contributed by atoms with Gasteiger partial charge in [0.25, 0.3) is 0 Å². The standard InChI is InChI=1S/C36H41N5O2/c1-3-4-5-8-36(43)41-20-18-40(19-21-41)26-28-11-13-30(14-12-28)34(42)23-29-10-9-27(2)32(22-29)24-35-38-17-15-33(39-35)31-7-6-16-37-25-31/h6-7,9-17,22,25H,3-5,8,18-21,23-24,26H2,1-2H3. The van der Waals surface area contributed by atoms with E-state index < -0.39 is 0 Å². The molecule has 0 unspecified atom stereocenters. The third-order valence-corrected chi connectivity index (χ3v) is 8.19. The number of Topliss-reactive ketones (excluding diaryl/α,β-unsaturated/α-hetero) is 1. The minimum Gasteiger partial charge on any atom is -0.340 e. The van der Waals surface area contributed by atoms with Crippen LogP contribution in [0.15, 0.2) is 79.3 Å². The molecule has 7 nitrogen and oxygen atoms in total. The number of piperazine rings is 1. The Morgan fingerprint density at radius 3 is 2.42 bits per heavy atom. The Balaban J connectivity index is 1.14. The van der Waals surface area contributed by atoms with Crippen molar-refractivity contribution >= 4 is 11.7 Å². The second-order valence-electron chi connectivity index (χ2n) is 11.4. The zero-order chi connectivity index (χ0) is 30.0. The molecule has 7 heteroatoms. The molecule has 0 N–H and O–H groups in total. The number of hydrogen-bond donors (Lipinski definition) is 0. The lowest BCUT2D eigenvalue weighted by Crippen LogP contribution is -2.48. The Morgan fingerprint density at radius 2 is 1.67 bits per heavy atom. The average Bonchev–Trinajstić information content (AvgIpc) is 3.04. The van der Waals surface area contributed by atoms with E-state index in [0.717, 1.165) is 91.3 Å². The predicted molar refractivity (Wildman–Crippen MR) is 170 cm³/mol. The highest BCUT2D eigenvalue weighted by Crippen LogP contribution is 2.20. The zero-order valence-electron chi connectivity index (χ0n) is 25.3. The van der Waals surface area contributed by atoms with Crippen molar-refractivity contribution in [3.8, 4) is 11.3 Å². The van der Waals surface area contributed by atoms with Gasteiger partial charge >= 0.3 is 0 Å². The van der Waals surface area contributed by atoms with E-state index in [4.69, 9.17) is 4.98 Å². The number of ketones is 1. The highest BCUT2D eigenvalue weighted by atomic mass is 16.2. The SMILES string of the molecule is CCCCCC(=O)N1CCN(Cc2ccc(C(=O)Cc3ccc(C)c(Cc4nccc(-c5cccnc5)n4)c3)cc2)CC1. The number of carbonyl (C=O) groups is 2. The van der Waals surface area contributed by atoms with E-state index in [2.05, 4.69) is 53.0 Å². The summed E-state index contributed by atoms with van der Waals surface area (Å²) in [4.78, 5) is 43.4. The van der Waals surface area contributed by atoms with E-state index in [1.807, 2.05) is 41.3 Å². The second-order valence-corrected chi connectivity index (χ2v) is 11.4. The highest BCUT2D eigenvalue weighted by molar-refractivity contribution is 5.97. The number of aromatic nitrogens is 3. The van der Waals surface area contributed by atoms with Crippen molar-refractivity contribution in [2.24, 2.45) is 0 Å². The Hall–Kier alpha value is -4.23. The summed E-state index contributed by atoms with van der Waals surface area (Å²) in [5.74, 6) is 1.13. The van der Waals surface area contributed by atoms with Crippen LogP contribution < -0.4 is 0 Å². The topological polar surface area (TPSA) is 79.3 Å². The van der Waals surface area contributed by atoms with Gasteiger partial charge in [-0.1, -0.05) is 62.2 Å². The first-order chi connectivity index (χ1) is 21.0. The maximum atomic E-state index is 13.2. The lowest BCUT2D eigenvalue weighted by Gasteiger charge is -2.34.